The molecule has 1 heterocycles. The first-order valence-electron chi connectivity index (χ1n) is 8.50. The van der Waals surface area contributed by atoms with Crippen molar-refractivity contribution in [2.45, 2.75) is 11.8 Å². The van der Waals surface area contributed by atoms with E-state index in [1.165, 1.54) is 12.1 Å². The predicted octanol–water partition coefficient (Wildman–Crippen LogP) is 4.70. The second kappa shape index (κ2) is 6.85. The van der Waals surface area contributed by atoms with Crippen molar-refractivity contribution in [3.05, 3.63) is 96.0 Å². The number of benzene rings is 3. The van der Waals surface area contributed by atoms with Crippen LogP contribution in [0, 0.1) is 6.92 Å². The molecule has 4 rings (SSSR count). The summed E-state index contributed by atoms with van der Waals surface area (Å²) in [5, 5.41) is 0.924. The van der Waals surface area contributed by atoms with Crippen molar-refractivity contribution in [2.75, 3.05) is 0 Å². The first-order chi connectivity index (χ1) is 13.1. The van der Waals surface area contributed by atoms with Gasteiger partial charge in [-0.3, -0.25) is 0 Å². The minimum absolute atomic E-state index is 0.0845. The normalized spacial score (nSPS) is 12.4. The van der Waals surface area contributed by atoms with E-state index in [4.69, 9.17) is 4.42 Å². The van der Waals surface area contributed by atoms with Crippen LogP contribution in [0.1, 0.15) is 5.56 Å². The third-order valence-electron chi connectivity index (χ3n) is 4.39. The highest BCUT2D eigenvalue weighted by Gasteiger charge is 2.17. The fourth-order valence-electron chi connectivity index (χ4n) is 3.08. The highest BCUT2D eigenvalue weighted by molar-refractivity contribution is 7.90. The molecule has 134 valence electrons. The molecule has 0 aliphatic rings. The van der Waals surface area contributed by atoms with Crippen LogP contribution in [0.3, 0.4) is 0 Å². The number of sulfonamides is 1. The summed E-state index contributed by atoms with van der Waals surface area (Å²) in [6.45, 7) is 1.95. The molecule has 0 aliphatic carbocycles. The molecular formula is C22H17NO3S. The Bertz CT molecular complexity index is 1280. The Hall–Kier alpha value is -3.18. The molecule has 0 radical (unpaired) electrons. The topological polar surface area (TPSA) is 59.6 Å². The molecule has 27 heavy (non-hydrogen) atoms. The summed E-state index contributed by atoms with van der Waals surface area (Å²) in [4.78, 5) is 0.130. The molecule has 0 saturated heterocycles. The van der Waals surface area contributed by atoms with Crippen LogP contribution in [0.15, 0.2) is 98.6 Å². The molecule has 0 aliphatic heterocycles. The average Bonchev–Trinajstić information content (AvgIpc) is 2.69. The molecule has 0 amide bonds. The van der Waals surface area contributed by atoms with Crippen molar-refractivity contribution in [3.8, 4) is 11.1 Å². The molecule has 0 bridgehead atoms. The zero-order chi connectivity index (χ0) is 18.9. The zero-order valence-electron chi connectivity index (χ0n) is 14.7. The van der Waals surface area contributed by atoms with Gasteiger partial charge in [-0.15, -0.1) is 4.40 Å². The second-order valence-electron chi connectivity index (χ2n) is 6.15. The lowest BCUT2D eigenvalue weighted by Gasteiger charge is -2.10. The van der Waals surface area contributed by atoms with Crippen molar-refractivity contribution in [1.29, 1.82) is 0 Å². The molecule has 0 atom stereocenters. The molecule has 0 spiro atoms. The Morgan fingerprint density at radius 1 is 0.778 bits per heavy atom. The molecule has 0 fully saturated rings. The van der Waals surface area contributed by atoms with E-state index in [1.807, 2.05) is 61.5 Å². The third kappa shape index (κ3) is 3.29. The lowest BCUT2D eigenvalue weighted by atomic mass is 10.00. The minimum atomic E-state index is -3.90. The maximum absolute atomic E-state index is 12.8. The van der Waals surface area contributed by atoms with Gasteiger partial charge in [0, 0.05) is 10.9 Å². The summed E-state index contributed by atoms with van der Waals surface area (Å²) >= 11 is 0. The van der Waals surface area contributed by atoms with Gasteiger partial charge in [0.1, 0.15) is 5.58 Å². The molecule has 4 nitrogen and oxygen atoms in total. The summed E-state index contributed by atoms with van der Waals surface area (Å²) in [6, 6.07) is 25.2. The van der Waals surface area contributed by atoms with Gasteiger partial charge in [-0.2, -0.15) is 8.42 Å². The summed E-state index contributed by atoms with van der Waals surface area (Å²) in [5.41, 5.74) is 3.13. The first-order valence-corrected chi connectivity index (χ1v) is 9.94. The summed E-state index contributed by atoms with van der Waals surface area (Å²) in [7, 11) is -3.90. The molecule has 4 aromatic rings. The SMILES string of the molecule is Cc1c(-c2ccccc2)/c(=N/S(=O)(=O)c2ccccc2)oc2ccccc12. The van der Waals surface area contributed by atoms with Crippen LogP contribution in [0.4, 0.5) is 0 Å². The van der Waals surface area contributed by atoms with Crippen molar-refractivity contribution >= 4 is 21.0 Å². The first kappa shape index (κ1) is 17.2. The fraction of sp³-hybridized carbons (Fsp3) is 0.0455. The highest BCUT2D eigenvalue weighted by Crippen LogP contribution is 2.26. The Labute approximate surface area is 157 Å². The Morgan fingerprint density at radius 2 is 1.37 bits per heavy atom. The number of para-hydroxylation sites is 1. The van der Waals surface area contributed by atoms with E-state index in [0.29, 0.717) is 11.1 Å². The van der Waals surface area contributed by atoms with E-state index < -0.39 is 10.0 Å². The molecule has 5 heteroatoms. The summed E-state index contributed by atoms with van der Waals surface area (Å²) in [5.74, 6) is 0. The molecular weight excluding hydrogens is 358 g/mol. The van der Waals surface area contributed by atoms with Crippen LogP contribution in [0.25, 0.3) is 22.1 Å². The number of fused-ring (bicyclic) bond motifs is 1. The Balaban J connectivity index is 2.08. The molecule has 0 unspecified atom stereocenters. The smallest absolute Gasteiger partial charge is 0.285 e. The monoisotopic (exact) mass is 375 g/mol. The van der Waals surface area contributed by atoms with Gasteiger partial charge in [-0.1, -0.05) is 66.7 Å². The third-order valence-corrected chi connectivity index (χ3v) is 5.67. The van der Waals surface area contributed by atoms with Gasteiger partial charge >= 0.3 is 0 Å². The van der Waals surface area contributed by atoms with Crippen LogP contribution in [0.2, 0.25) is 0 Å². The maximum Gasteiger partial charge on any atom is 0.285 e. The fourth-order valence-corrected chi connectivity index (χ4v) is 4.03. The Morgan fingerprint density at radius 3 is 2.07 bits per heavy atom. The summed E-state index contributed by atoms with van der Waals surface area (Å²) in [6.07, 6.45) is 0. The van der Waals surface area contributed by atoms with Crippen molar-refractivity contribution in [3.63, 3.8) is 0 Å². The standard InChI is InChI=1S/C22H17NO3S/c1-16-19-14-8-9-15-20(19)26-22(21(16)17-10-4-2-5-11-17)23-27(24,25)18-12-6-3-7-13-18/h2-15H,1H3/b23-22-. The van der Waals surface area contributed by atoms with Gasteiger partial charge < -0.3 is 4.42 Å². The zero-order valence-corrected chi connectivity index (χ0v) is 15.5. The molecule has 3 aromatic carbocycles. The number of aryl methyl sites for hydroxylation is 1. The van der Waals surface area contributed by atoms with Gasteiger partial charge in [0.05, 0.1) is 4.90 Å². The number of rotatable bonds is 3. The summed E-state index contributed by atoms with van der Waals surface area (Å²) < 4.78 is 35.6. The van der Waals surface area contributed by atoms with E-state index in [0.717, 1.165) is 16.5 Å². The van der Waals surface area contributed by atoms with Crippen molar-refractivity contribution < 1.29 is 12.8 Å². The van der Waals surface area contributed by atoms with Crippen LogP contribution in [0.5, 0.6) is 0 Å². The van der Waals surface area contributed by atoms with Gasteiger partial charge in [0.25, 0.3) is 10.0 Å². The highest BCUT2D eigenvalue weighted by atomic mass is 32.2. The molecule has 0 N–H and O–H groups in total. The number of hydrogen-bond acceptors (Lipinski definition) is 3. The predicted molar refractivity (Wildman–Crippen MR) is 106 cm³/mol. The lowest BCUT2D eigenvalue weighted by molar-refractivity contribution is 0.542. The minimum Gasteiger partial charge on any atom is -0.437 e. The van der Waals surface area contributed by atoms with Gasteiger partial charge in [0.15, 0.2) is 0 Å². The van der Waals surface area contributed by atoms with Crippen molar-refractivity contribution in [2.24, 2.45) is 4.40 Å². The number of nitrogens with zero attached hydrogens (tertiary/aromatic N) is 1. The van der Waals surface area contributed by atoms with E-state index in [2.05, 4.69) is 4.40 Å². The molecule has 0 saturated carbocycles. The molecule has 1 aromatic heterocycles. The van der Waals surface area contributed by atoms with Crippen LogP contribution in [-0.4, -0.2) is 8.42 Å². The van der Waals surface area contributed by atoms with Crippen molar-refractivity contribution in [1.82, 2.24) is 0 Å². The second-order valence-corrected chi connectivity index (χ2v) is 7.75. The largest absolute Gasteiger partial charge is 0.437 e. The van der Waals surface area contributed by atoms with Gasteiger partial charge in [-0.25, -0.2) is 0 Å². The van der Waals surface area contributed by atoms with E-state index in [9.17, 15) is 8.42 Å². The Kier molecular flexibility index (Phi) is 4.38. The quantitative estimate of drug-likeness (QED) is 0.521. The van der Waals surface area contributed by atoms with E-state index in [1.54, 1.807) is 18.2 Å². The maximum atomic E-state index is 12.8. The van der Waals surface area contributed by atoms with Crippen LogP contribution in [-0.2, 0) is 10.0 Å². The van der Waals surface area contributed by atoms with Gasteiger partial charge in [0.2, 0.25) is 5.55 Å². The van der Waals surface area contributed by atoms with Gasteiger partial charge in [-0.05, 0) is 36.2 Å². The lowest BCUT2D eigenvalue weighted by Crippen LogP contribution is -2.12. The van der Waals surface area contributed by atoms with E-state index in [-0.39, 0.29) is 10.4 Å². The van der Waals surface area contributed by atoms with Crippen LogP contribution < -0.4 is 5.55 Å². The average molecular weight is 375 g/mol. The number of hydrogen-bond donors (Lipinski definition) is 0. The van der Waals surface area contributed by atoms with E-state index >= 15 is 0 Å². The van der Waals surface area contributed by atoms with Crippen LogP contribution >= 0.6 is 0 Å².